The molecule has 2 amide bonds. The van der Waals surface area contributed by atoms with Crippen molar-refractivity contribution in [3.05, 3.63) is 17.2 Å². The number of phenols is 1. The molecule has 16 heavy (non-hydrogen) atoms. The van der Waals surface area contributed by atoms with Crippen LogP contribution in [-0.2, 0) is 9.59 Å². The minimum Gasteiger partial charge on any atom is -0.506 e. The lowest BCUT2D eigenvalue weighted by atomic mass is 10.2. The van der Waals surface area contributed by atoms with Crippen molar-refractivity contribution in [1.29, 1.82) is 0 Å². The lowest BCUT2D eigenvalue weighted by Gasteiger charge is -2.10. The average Bonchev–Trinajstić information content (AvgIpc) is 2.11. The fourth-order valence-corrected chi connectivity index (χ4v) is 1.35. The molecule has 0 aliphatic heterocycles. The predicted octanol–water partition coefficient (Wildman–Crippen LogP) is 1.96. The number of hydrogen-bond acceptors (Lipinski definition) is 3. The summed E-state index contributed by atoms with van der Waals surface area (Å²) in [5, 5.41) is 14.6. The summed E-state index contributed by atoms with van der Waals surface area (Å²) < 4.78 is 0. The van der Waals surface area contributed by atoms with E-state index in [1.165, 1.54) is 26.0 Å². The van der Waals surface area contributed by atoms with Gasteiger partial charge in [0, 0.05) is 19.9 Å². The van der Waals surface area contributed by atoms with Gasteiger partial charge in [0.2, 0.25) is 11.8 Å². The van der Waals surface area contributed by atoms with Gasteiger partial charge < -0.3 is 15.7 Å². The molecule has 5 nitrogen and oxygen atoms in total. The summed E-state index contributed by atoms with van der Waals surface area (Å²) in [4.78, 5) is 21.6. The van der Waals surface area contributed by atoms with E-state index in [2.05, 4.69) is 10.6 Å². The zero-order valence-electron chi connectivity index (χ0n) is 8.80. The highest BCUT2D eigenvalue weighted by Gasteiger charge is 2.09. The van der Waals surface area contributed by atoms with Crippen LogP contribution < -0.4 is 10.6 Å². The molecular formula is C10H11ClN2O3. The standard InChI is InChI=1S/C10H11ClN2O3/c1-5(14)12-8-4-10(16)9(3-7(8)11)13-6(2)15/h3-4,16H,1-2H3,(H,12,14)(H,13,15). The van der Waals surface area contributed by atoms with Crippen LogP contribution in [0.2, 0.25) is 5.02 Å². The maximum atomic E-state index is 10.8. The molecule has 6 heteroatoms. The number of carbonyl (C=O) groups excluding carboxylic acids is 2. The van der Waals surface area contributed by atoms with Crippen molar-refractivity contribution in [2.24, 2.45) is 0 Å². The minimum absolute atomic E-state index is 0.164. The van der Waals surface area contributed by atoms with Crippen LogP contribution in [0.4, 0.5) is 11.4 Å². The van der Waals surface area contributed by atoms with Gasteiger partial charge in [0.1, 0.15) is 5.75 Å². The molecule has 0 atom stereocenters. The smallest absolute Gasteiger partial charge is 0.221 e. The first-order valence-electron chi connectivity index (χ1n) is 4.48. The van der Waals surface area contributed by atoms with Gasteiger partial charge in [0.25, 0.3) is 0 Å². The Hall–Kier alpha value is -1.75. The van der Waals surface area contributed by atoms with Gasteiger partial charge in [-0.05, 0) is 6.07 Å². The summed E-state index contributed by atoms with van der Waals surface area (Å²) in [7, 11) is 0. The number of aromatic hydroxyl groups is 1. The highest BCUT2D eigenvalue weighted by molar-refractivity contribution is 6.34. The lowest BCUT2D eigenvalue weighted by molar-refractivity contribution is -0.115. The zero-order valence-corrected chi connectivity index (χ0v) is 9.55. The molecule has 0 bridgehead atoms. The first-order valence-corrected chi connectivity index (χ1v) is 4.85. The second kappa shape index (κ2) is 4.85. The molecule has 1 aromatic rings. The Morgan fingerprint density at radius 2 is 1.62 bits per heavy atom. The van der Waals surface area contributed by atoms with Crippen LogP contribution in [0.5, 0.6) is 5.75 Å². The molecule has 1 aromatic carbocycles. The van der Waals surface area contributed by atoms with Crippen LogP contribution >= 0.6 is 11.6 Å². The second-order valence-corrected chi connectivity index (χ2v) is 3.62. The molecular weight excluding hydrogens is 232 g/mol. The van der Waals surface area contributed by atoms with Gasteiger partial charge >= 0.3 is 0 Å². The van der Waals surface area contributed by atoms with Crippen molar-refractivity contribution < 1.29 is 14.7 Å². The number of phenolic OH excluding ortho intramolecular Hbond substituents is 1. The van der Waals surface area contributed by atoms with Gasteiger partial charge in [-0.15, -0.1) is 0 Å². The highest BCUT2D eigenvalue weighted by atomic mass is 35.5. The van der Waals surface area contributed by atoms with Gasteiger partial charge in [-0.3, -0.25) is 9.59 Å². The number of benzene rings is 1. The molecule has 0 aromatic heterocycles. The van der Waals surface area contributed by atoms with Gasteiger partial charge in [0.15, 0.2) is 0 Å². The van der Waals surface area contributed by atoms with Crippen molar-refractivity contribution in [1.82, 2.24) is 0 Å². The Kier molecular flexibility index (Phi) is 3.73. The molecule has 0 unspecified atom stereocenters. The fraction of sp³-hybridized carbons (Fsp3) is 0.200. The summed E-state index contributed by atoms with van der Waals surface area (Å²) in [5.41, 5.74) is 0.493. The Bertz CT molecular complexity index is 404. The topological polar surface area (TPSA) is 78.4 Å². The van der Waals surface area contributed by atoms with E-state index in [9.17, 15) is 14.7 Å². The first kappa shape index (κ1) is 12.3. The number of nitrogens with one attached hydrogen (secondary N) is 2. The molecule has 1 rings (SSSR count). The van der Waals surface area contributed by atoms with E-state index in [1.807, 2.05) is 0 Å². The van der Waals surface area contributed by atoms with Crippen molar-refractivity contribution in [2.45, 2.75) is 13.8 Å². The number of halogens is 1. The van der Waals surface area contributed by atoms with Crippen molar-refractivity contribution in [2.75, 3.05) is 10.6 Å². The molecule has 3 N–H and O–H groups in total. The summed E-state index contributed by atoms with van der Waals surface area (Å²) in [6, 6.07) is 2.64. The maximum absolute atomic E-state index is 10.8. The number of anilines is 2. The zero-order chi connectivity index (χ0) is 12.3. The number of rotatable bonds is 2. The van der Waals surface area contributed by atoms with Crippen LogP contribution in [0, 0.1) is 0 Å². The molecule has 0 saturated carbocycles. The van der Waals surface area contributed by atoms with Gasteiger partial charge in [-0.25, -0.2) is 0 Å². The van der Waals surface area contributed by atoms with E-state index in [-0.39, 0.29) is 28.3 Å². The normalized spacial score (nSPS) is 9.69. The number of hydrogen-bond donors (Lipinski definition) is 3. The molecule has 0 saturated heterocycles. The third kappa shape index (κ3) is 3.13. The van der Waals surface area contributed by atoms with Crippen molar-refractivity contribution in [3.8, 4) is 5.75 Å². The number of carbonyl (C=O) groups is 2. The Labute approximate surface area is 97.4 Å². The quantitative estimate of drug-likeness (QED) is 0.694. The van der Waals surface area contributed by atoms with Crippen LogP contribution in [0.15, 0.2) is 12.1 Å². The highest BCUT2D eigenvalue weighted by Crippen LogP contribution is 2.33. The molecule has 0 aliphatic rings. The van der Waals surface area contributed by atoms with Crippen LogP contribution in [0.3, 0.4) is 0 Å². The van der Waals surface area contributed by atoms with E-state index in [0.29, 0.717) is 5.69 Å². The summed E-state index contributed by atoms with van der Waals surface area (Å²) in [6.45, 7) is 2.64. The largest absolute Gasteiger partial charge is 0.506 e. The first-order chi connectivity index (χ1) is 7.40. The van der Waals surface area contributed by atoms with E-state index in [4.69, 9.17) is 11.6 Å². The second-order valence-electron chi connectivity index (χ2n) is 3.21. The Balaban J connectivity index is 3.06. The fourth-order valence-electron chi connectivity index (χ4n) is 1.14. The van der Waals surface area contributed by atoms with E-state index >= 15 is 0 Å². The molecule has 86 valence electrons. The lowest BCUT2D eigenvalue weighted by Crippen LogP contribution is -2.08. The third-order valence-corrected chi connectivity index (χ3v) is 2.02. The van der Waals surface area contributed by atoms with Gasteiger partial charge in [-0.1, -0.05) is 11.6 Å². The van der Waals surface area contributed by atoms with Gasteiger partial charge in [0.05, 0.1) is 16.4 Å². The van der Waals surface area contributed by atoms with Crippen molar-refractivity contribution >= 4 is 34.8 Å². The molecule has 0 radical (unpaired) electrons. The molecule has 0 heterocycles. The van der Waals surface area contributed by atoms with Gasteiger partial charge in [-0.2, -0.15) is 0 Å². The van der Waals surface area contributed by atoms with E-state index < -0.39 is 0 Å². The maximum Gasteiger partial charge on any atom is 0.221 e. The monoisotopic (exact) mass is 242 g/mol. The summed E-state index contributed by atoms with van der Waals surface area (Å²) in [6.07, 6.45) is 0. The SMILES string of the molecule is CC(=O)Nc1cc(Cl)c(NC(C)=O)cc1O. The van der Waals surface area contributed by atoms with E-state index in [1.54, 1.807) is 0 Å². The Morgan fingerprint density at radius 3 is 2.12 bits per heavy atom. The summed E-state index contributed by atoms with van der Waals surface area (Å²) in [5.74, 6) is -0.782. The van der Waals surface area contributed by atoms with Crippen LogP contribution in [0.1, 0.15) is 13.8 Å². The predicted molar refractivity (Wildman–Crippen MR) is 61.7 cm³/mol. The third-order valence-electron chi connectivity index (χ3n) is 1.71. The van der Waals surface area contributed by atoms with Crippen LogP contribution in [-0.4, -0.2) is 16.9 Å². The number of amides is 2. The Morgan fingerprint density at radius 1 is 1.12 bits per heavy atom. The summed E-state index contributed by atoms with van der Waals surface area (Å²) >= 11 is 5.85. The van der Waals surface area contributed by atoms with Crippen LogP contribution in [0.25, 0.3) is 0 Å². The molecule has 0 fully saturated rings. The molecule has 0 aliphatic carbocycles. The van der Waals surface area contributed by atoms with Crippen molar-refractivity contribution in [3.63, 3.8) is 0 Å². The minimum atomic E-state index is -0.321. The van der Waals surface area contributed by atoms with E-state index in [0.717, 1.165) is 0 Å². The average molecular weight is 243 g/mol. The molecule has 0 spiro atoms.